The van der Waals surface area contributed by atoms with Crippen LogP contribution in [-0.4, -0.2) is 70.3 Å². The zero-order valence-electron chi connectivity index (χ0n) is 10.3. The van der Waals surface area contributed by atoms with Gasteiger partial charge in [-0.15, -0.1) is 15.9 Å². The van der Waals surface area contributed by atoms with Crippen LogP contribution in [0.1, 0.15) is 0 Å². The first-order valence-electron chi connectivity index (χ1n) is 5.60. The molecular formula is C7H21F2N8O2+. The predicted octanol–water partition coefficient (Wildman–Crippen LogP) is -4.09. The number of quaternary nitrogens is 1. The third-order valence-electron chi connectivity index (χ3n) is 2.75. The minimum atomic E-state index is -2.07. The molecule has 1 aliphatic rings. The summed E-state index contributed by atoms with van der Waals surface area (Å²) < 4.78 is 28.4. The largest absolute Gasteiger partial charge is 0.395 e. The molecule has 0 saturated carbocycles. The molecule has 0 radical (unpaired) electrons. The summed E-state index contributed by atoms with van der Waals surface area (Å²) in [6, 6.07) is 0. The molecular weight excluding hydrogens is 266 g/mol. The Morgan fingerprint density at radius 2 is 1.74 bits per heavy atom. The molecule has 0 amide bonds. The highest BCUT2D eigenvalue weighted by Crippen LogP contribution is 2.27. The Balaban J connectivity index is 3.06. The molecule has 0 spiro atoms. The minimum Gasteiger partial charge on any atom is -0.395 e. The van der Waals surface area contributed by atoms with Crippen molar-refractivity contribution in [2.45, 2.75) is 12.3 Å². The Kier molecular flexibility index (Phi) is 5.45. The third-order valence-corrected chi connectivity index (χ3v) is 2.75. The third kappa shape index (κ3) is 2.97. The second-order valence-electron chi connectivity index (χ2n) is 4.12. The van der Waals surface area contributed by atoms with E-state index in [1.807, 2.05) is 0 Å². The molecule has 1 saturated heterocycles. The van der Waals surface area contributed by atoms with E-state index in [-0.39, 0.29) is 26.3 Å². The fourth-order valence-electron chi connectivity index (χ4n) is 1.88. The standard InChI is InChI=1S/C7H21F2N8O2/c8-6-15(10)5-17(9,12)7(16(6)11,13-1-3-18)14-2-4-19/h6,13-14,18-19H,1-5,10-12H2/q+1. The second kappa shape index (κ2) is 6.27. The van der Waals surface area contributed by atoms with E-state index in [0.717, 1.165) is 0 Å². The average molecular weight is 287 g/mol. The van der Waals surface area contributed by atoms with E-state index in [2.05, 4.69) is 10.6 Å². The number of rotatable bonds is 6. The van der Waals surface area contributed by atoms with Crippen LogP contribution in [0, 0.1) is 0 Å². The molecule has 19 heavy (non-hydrogen) atoms. The number of hydrazine groups is 2. The smallest absolute Gasteiger partial charge is 0.346 e. The van der Waals surface area contributed by atoms with Crippen LogP contribution >= 0.6 is 0 Å². The van der Waals surface area contributed by atoms with E-state index in [9.17, 15) is 8.87 Å². The fraction of sp³-hybridized carbons (Fsp3) is 1.00. The van der Waals surface area contributed by atoms with Crippen molar-refractivity contribution in [2.75, 3.05) is 33.0 Å². The van der Waals surface area contributed by atoms with Gasteiger partial charge in [-0.05, 0) is 0 Å². The summed E-state index contributed by atoms with van der Waals surface area (Å²) in [6.45, 7) is -1.61. The molecule has 2 atom stereocenters. The summed E-state index contributed by atoms with van der Waals surface area (Å²) in [4.78, 5) is -1.83. The summed E-state index contributed by atoms with van der Waals surface area (Å²) in [7, 11) is 0. The maximum absolute atomic E-state index is 14.5. The van der Waals surface area contributed by atoms with Crippen LogP contribution in [0.5, 0.6) is 0 Å². The van der Waals surface area contributed by atoms with Crippen LogP contribution in [0.25, 0.3) is 0 Å². The number of hydrogen-bond acceptors (Lipinski definition) is 9. The van der Waals surface area contributed by atoms with Gasteiger partial charge in [0.25, 0.3) is 0 Å². The molecule has 0 aromatic heterocycles. The first kappa shape index (κ1) is 16.5. The predicted molar refractivity (Wildman–Crippen MR) is 60.3 cm³/mol. The molecule has 12 heteroatoms. The highest BCUT2D eigenvalue weighted by molar-refractivity contribution is 4.77. The Morgan fingerprint density at radius 3 is 2.16 bits per heavy atom. The van der Waals surface area contributed by atoms with Gasteiger partial charge in [-0.25, -0.2) is 15.0 Å². The summed E-state index contributed by atoms with van der Waals surface area (Å²) >= 11 is 0. The van der Waals surface area contributed by atoms with Crippen LogP contribution in [0.3, 0.4) is 0 Å². The van der Waals surface area contributed by atoms with Gasteiger partial charge in [-0.2, -0.15) is 0 Å². The van der Waals surface area contributed by atoms with Gasteiger partial charge in [0.15, 0.2) is 0 Å². The van der Waals surface area contributed by atoms with Crippen molar-refractivity contribution in [3.63, 3.8) is 0 Å². The molecule has 1 rings (SSSR count). The number of aliphatic hydroxyl groups excluding tert-OH is 2. The van der Waals surface area contributed by atoms with E-state index in [4.69, 9.17) is 27.7 Å². The van der Waals surface area contributed by atoms with Crippen molar-refractivity contribution >= 4 is 0 Å². The number of halogens is 2. The topological polar surface area (TPSA) is 149 Å². The Bertz CT molecular complexity index is 288. The molecule has 0 aliphatic carbocycles. The van der Waals surface area contributed by atoms with Gasteiger partial charge in [-0.1, -0.05) is 0 Å². The van der Waals surface area contributed by atoms with Gasteiger partial charge >= 0.3 is 5.91 Å². The zero-order chi connectivity index (χ0) is 14.7. The van der Waals surface area contributed by atoms with E-state index in [1.54, 1.807) is 0 Å². The van der Waals surface area contributed by atoms with Crippen molar-refractivity contribution in [3.8, 4) is 0 Å². The van der Waals surface area contributed by atoms with Gasteiger partial charge in [0.1, 0.15) is 0 Å². The molecule has 0 bridgehead atoms. The molecule has 1 heterocycles. The summed E-state index contributed by atoms with van der Waals surface area (Å²) in [5, 5.41) is 23.5. The van der Waals surface area contributed by atoms with Crippen molar-refractivity contribution in [2.24, 2.45) is 17.5 Å². The Hall–Kier alpha value is -0.540. The van der Waals surface area contributed by atoms with E-state index < -0.39 is 23.8 Å². The maximum atomic E-state index is 14.5. The molecule has 0 aromatic carbocycles. The normalized spacial score (nSPS) is 32.7. The maximum Gasteiger partial charge on any atom is 0.346 e. The van der Waals surface area contributed by atoms with Gasteiger partial charge in [0, 0.05) is 22.4 Å². The number of nitrogens with zero attached hydrogens (tertiary/aromatic N) is 3. The Labute approximate surface area is 108 Å². The monoisotopic (exact) mass is 287 g/mol. The van der Waals surface area contributed by atoms with Crippen LogP contribution in [-0.2, 0) is 0 Å². The van der Waals surface area contributed by atoms with Crippen LogP contribution in [0.2, 0.25) is 0 Å². The van der Waals surface area contributed by atoms with Crippen molar-refractivity contribution in [1.29, 1.82) is 0 Å². The van der Waals surface area contributed by atoms with E-state index >= 15 is 0 Å². The first-order chi connectivity index (χ1) is 8.82. The highest BCUT2D eigenvalue weighted by Gasteiger charge is 2.63. The van der Waals surface area contributed by atoms with Gasteiger partial charge in [0.2, 0.25) is 13.1 Å². The van der Waals surface area contributed by atoms with Crippen LogP contribution < -0.4 is 28.2 Å². The van der Waals surface area contributed by atoms with Crippen molar-refractivity contribution < 1.29 is 23.9 Å². The molecule has 0 aromatic rings. The van der Waals surface area contributed by atoms with Crippen molar-refractivity contribution in [3.05, 3.63) is 0 Å². The van der Waals surface area contributed by atoms with Gasteiger partial charge in [-0.3, -0.25) is 11.7 Å². The lowest BCUT2D eigenvalue weighted by Gasteiger charge is -2.51. The molecule has 10 nitrogen and oxygen atoms in total. The van der Waals surface area contributed by atoms with Gasteiger partial charge in [0.05, 0.1) is 13.2 Å². The molecule has 10 N–H and O–H groups in total. The quantitative estimate of drug-likeness (QED) is 0.112. The summed E-state index contributed by atoms with van der Waals surface area (Å²) in [5.41, 5.74) is 0. The first-order valence-corrected chi connectivity index (χ1v) is 5.60. The summed E-state index contributed by atoms with van der Waals surface area (Å²) in [6.07, 6.45) is -2.01. The lowest BCUT2D eigenvalue weighted by Crippen LogP contribution is -2.91. The highest BCUT2D eigenvalue weighted by atomic mass is 19.2. The fourth-order valence-corrected chi connectivity index (χ4v) is 1.88. The molecule has 1 aliphatic heterocycles. The number of hydrogen-bond donors (Lipinski definition) is 7. The van der Waals surface area contributed by atoms with E-state index in [0.29, 0.717) is 10.0 Å². The van der Waals surface area contributed by atoms with Crippen molar-refractivity contribution in [1.82, 2.24) is 20.7 Å². The molecule has 114 valence electrons. The minimum absolute atomic E-state index is 0.107. The molecule has 1 fully saturated rings. The number of nitrogens with two attached hydrogens (primary N) is 3. The van der Waals surface area contributed by atoms with Crippen LogP contribution in [0.4, 0.5) is 8.87 Å². The lowest BCUT2D eigenvalue weighted by molar-refractivity contribution is -1.14. The number of nitrogens with one attached hydrogen (secondary N) is 2. The van der Waals surface area contributed by atoms with E-state index in [1.165, 1.54) is 0 Å². The van der Waals surface area contributed by atoms with Gasteiger partial charge < -0.3 is 10.2 Å². The zero-order valence-corrected chi connectivity index (χ0v) is 10.3. The number of alkyl halides is 1. The number of aliphatic hydroxyl groups is 2. The van der Waals surface area contributed by atoms with Crippen LogP contribution in [0.15, 0.2) is 0 Å². The molecule has 2 unspecified atom stereocenters. The Morgan fingerprint density at radius 1 is 1.26 bits per heavy atom. The average Bonchev–Trinajstić information content (AvgIpc) is 2.35. The lowest BCUT2D eigenvalue weighted by atomic mass is 10.4. The summed E-state index contributed by atoms with van der Waals surface area (Å²) in [5.74, 6) is 14.2. The second-order valence-corrected chi connectivity index (χ2v) is 4.12. The SMILES string of the molecule is NN1C[N+](N)(F)C(NCCO)(NCCO)N(N)C1F.